The Labute approximate surface area is 127 Å². The second-order valence-electron chi connectivity index (χ2n) is 6.11. The van der Waals surface area contributed by atoms with E-state index >= 15 is 0 Å². The third-order valence-electron chi connectivity index (χ3n) is 4.31. The molecule has 0 aliphatic carbocycles. The van der Waals surface area contributed by atoms with Crippen molar-refractivity contribution in [1.29, 1.82) is 0 Å². The van der Waals surface area contributed by atoms with Crippen LogP contribution in [-0.2, 0) is 21.1 Å². The number of hydrogen-bond acceptors (Lipinski definition) is 4. The number of aromatic nitrogens is 2. The van der Waals surface area contributed by atoms with Crippen LogP contribution in [-0.4, -0.2) is 36.4 Å². The van der Waals surface area contributed by atoms with Crippen LogP contribution in [0, 0.1) is 19.8 Å². The monoisotopic (exact) mass is 314 g/mol. The largest absolute Gasteiger partial charge is 0.376 e. The molecule has 2 atom stereocenters. The first kappa shape index (κ1) is 16.5. The number of ether oxygens (including phenoxy) is 1. The Hall–Kier alpha value is -0.880. The molecular formula is C15H26N2O3S. The van der Waals surface area contributed by atoms with E-state index in [0.717, 1.165) is 37.3 Å². The van der Waals surface area contributed by atoms with Crippen molar-refractivity contribution in [3.8, 4) is 0 Å². The van der Waals surface area contributed by atoms with Crippen molar-refractivity contribution in [1.82, 2.24) is 9.55 Å². The summed E-state index contributed by atoms with van der Waals surface area (Å²) in [5.41, 5.74) is 1.71. The summed E-state index contributed by atoms with van der Waals surface area (Å²) in [6, 6.07) is 0. The molecule has 0 unspecified atom stereocenters. The third-order valence-corrected chi connectivity index (χ3v) is 6.19. The fourth-order valence-corrected chi connectivity index (χ4v) is 4.59. The molecule has 2 heterocycles. The Morgan fingerprint density at radius 3 is 2.71 bits per heavy atom. The standard InChI is InChI=1S/C15H26N2O3S/c1-5-11(2)10-21(18,19)15-16-12(3)13(4)17(15)9-14-7-6-8-20-14/h11,14H,5-10H2,1-4H3/t11-,14+/m0/s1. The van der Waals surface area contributed by atoms with Gasteiger partial charge in [-0.15, -0.1) is 0 Å². The lowest BCUT2D eigenvalue weighted by molar-refractivity contribution is 0.0943. The van der Waals surface area contributed by atoms with Gasteiger partial charge in [-0.25, -0.2) is 13.4 Å². The van der Waals surface area contributed by atoms with Crippen LogP contribution in [0.25, 0.3) is 0 Å². The Morgan fingerprint density at radius 1 is 1.43 bits per heavy atom. The van der Waals surface area contributed by atoms with E-state index < -0.39 is 9.84 Å². The van der Waals surface area contributed by atoms with Crippen LogP contribution in [0.3, 0.4) is 0 Å². The maximum Gasteiger partial charge on any atom is 0.228 e. The molecular weight excluding hydrogens is 288 g/mol. The molecule has 0 aromatic carbocycles. The summed E-state index contributed by atoms with van der Waals surface area (Å²) in [6.45, 7) is 9.12. The highest BCUT2D eigenvalue weighted by atomic mass is 32.2. The van der Waals surface area contributed by atoms with Crippen LogP contribution in [0.1, 0.15) is 44.5 Å². The first-order valence-corrected chi connectivity index (χ1v) is 9.38. The van der Waals surface area contributed by atoms with Crippen LogP contribution in [0.4, 0.5) is 0 Å². The smallest absolute Gasteiger partial charge is 0.228 e. The molecule has 0 saturated carbocycles. The second-order valence-corrected chi connectivity index (χ2v) is 8.03. The Balaban J connectivity index is 2.32. The summed E-state index contributed by atoms with van der Waals surface area (Å²) in [6.07, 6.45) is 2.99. The molecule has 6 heteroatoms. The van der Waals surface area contributed by atoms with Crippen molar-refractivity contribution in [3.63, 3.8) is 0 Å². The highest BCUT2D eigenvalue weighted by Crippen LogP contribution is 2.22. The summed E-state index contributed by atoms with van der Waals surface area (Å²) in [5.74, 6) is 0.300. The van der Waals surface area contributed by atoms with Crippen molar-refractivity contribution in [3.05, 3.63) is 11.4 Å². The lowest BCUT2D eigenvalue weighted by Crippen LogP contribution is -2.23. The molecule has 21 heavy (non-hydrogen) atoms. The molecule has 1 aromatic rings. The SMILES string of the molecule is CC[C@H](C)CS(=O)(=O)c1nc(C)c(C)n1C[C@H]1CCCO1. The Bertz CT molecular complexity index is 586. The molecule has 1 saturated heterocycles. The number of imidazole rings is 1. The molecule has 1 fully saturated rings. The average Bonchev–Trinajstić information content (AvgIpc) is 3.02. The normalized spacial score (nSPS) is 20.9. The fraction of sp³-hybridized carbons (Fsp3) is 0.800. The first-order valence-electron chi connectivity index (χ1n) is 7.73. The van der Waals surface area contributed by atoms with E-state index in [0.29, 0.717) is 6.54 Å². The maximum absolute atomic E-state index is 12.6. The van der Waals surface area contributed by atoms with E-state index in [9.17, 15) is 8.42 Å². The van der Waals surface area contributed by atoms with E-state index in [1.165, 1.54) is 0 Å². The number of hydrogen-bond donors (Lipinski definition) is 0. The first-order chi connectivity index (χ1) is 9.85. The summed E-state index contributed by atoms with van der Waals surface area (Å²) >= 11 is 0. The zero-order valence-corrected chi connectivity index (χ0v) is 14.2. The Morgan fingerprint density at radius 2 is 2.14 bits per heavy atom. The summed E-state index contributed by atoms with van der Waals surface area (Å²) in [4.78, 5) is 4.33. The molecule has 1 aromatic heterocycles. The molecule has 1 aliphatic heterocycles. The van der Waals surface area contributed by atoms with E-state index in [-0.39, 0.29) is 22.9 Å². The van der Waals surface area contributed by atoms with E-state index in [4.69, 9.17) is 4.74 Å². The van der Waals surface area contributed by atoms with Gasteiger partial charge in [0.25, 0.3) is 0 Å². The number of aryl methyl sites for hydroxylation is 1. The van der Waals surface area contributed by atoms with Gasteiger partial charge in [0, 0.05) is 12.3 Å². The van der Waals surface area contributed by atoms with Crippen LogP contribution < -0.4 is 0 Å². The van der Waals surface area contributed by atoms with Gasteiger partial charge in [-0.3, -0.25) is 0 Å². The quantitative estimate of drug-likeness (QED) is 0.809. The zero-order valence-electron chi connectivity index (χ0n) is 13.4. The molecule has 0 amide bonds. The number of sulfone groups is 1. The van der Waals surface area contributed by atoms with Gasteiger partial charge in [0.2, 0.25) is 15.0 Å². The predicted octanol–water partition coefficient (Wildman–Crippen LogP) is 2.50. The summed E-state index contributed by atoms with van der Waals surface area (Å²) < 4.78 is 32.8. The van der Waals surface area contributed by atoms with Crippen LogP contribution in [0.2, 0.25) is 0 Å². The fourth-order valence-electron chi connectivity index (χ4n) is 2.63. The lowest BCUT2D eigenvalue weighted by Gasteiger charge is -2.16. The number of rotatable bonds is 6. The van der Waals surface area contributed by atoms with Gasteiger partial charge in [-0.2, -0.15) is 0 Å². The van der Waals surface area contributed by atoms with Gasteiger partial charge >= 0.3 is 0 Å². The third kappa shape index (κ3) is 3.66. The zero-order chi connectivity index (χ0) is 15.6. The van der Waals surface area contributed by atoms with Crippen LogP contribution in [0.5, 0.6) is 0 Å². The molecule has 0 N–H and O–H groups in total. The molecule has 1 aliphatic rings. The maximum atomic E-state index is 12.6. The van der Waals surface area contributed by atoms with E-state index in [1.54, 1.807) is 0 Å². The molecule has 0 spiro atoms. The molecule has 0 bridgehead atoms. The van der Waals surface area contributed by atoms with Gasteiger partial charge in [-0.1, -0.05) is 20.3 Å². The van der Waals surface area contributed by atoms with Crippen molar-refractivity contribution in [2.24, 2.45) is 5.92 Å². The van der Waals surface area contributed by atoms with Crippen LogP contribution >= 0.6 is 0 Å². The summed E-state index contributed by atoms with van der Waals surface area (Å²) in [7, 11) is -3.35. The molecule has 120 valence electrons. The van der Waals surface area contributed by atoms with Gasteiger partial charge in [0.1, 0.15) is 0 Å². The minimum Gasteiger partial charge on any atom is -0.376 e. The minimum absolute atomic E-state index is 0.106. The average molecular weight is 314 g/mol. The molecule has 5 nitrogen and oxygen atoms in total. The van der Waals surface area contributed by atoms with Crippen molar-refractivity contribution < 1.29 is 13.2 Å². The number of nitrogens with zero attached hydrogens (tertiary/aromatic N) is 2. The van der Waals surface area contributed by atoms with Gasteiger partial charge < -0.3 is 9.30 Å². The summed E-state index contributed by atoms with van der Waals surface area (Å²) in [5, 5.41) is 0.216. The van der Waals surface area contributed by atoms with E-state index in [1.807, 2.05) is 32.3 Å². The van der Waals surface area contributed by atoms with Gasteiger partial charge in [0.15, 0.2) is 0 Å². The predicted molar refractivity (Wildman–Crippen MR) is 82.2 cm³/mol. The van der Waals surface area contributed by atoms with Gasteiger partial charge in [0.05, 0.1) is 24.1 Å². The lowest BCUT2D eigenvalue weighted by atomic mass is 10.2. The van der Waals surface area contributed by atoms with Gasteiger partial charge in [-0.05, 0) is 32.6 Å². The van der Waals surface area contributed by atoms with E-state index in [2.05, 4.69) is 4.98 Å². The Kier molecular flexibility index (Phi) is 5.09. The highest BCUT2D eigenvalue weighted by Gasteiger charge is 2.28. The van der Waals surface area contributed by atoms with Crippen molar-refractivity contribution in [2.75, 3.05) is 12.4 Å². The topological polar surface area (TPSA) is 61.2 Å². The highest BCUT2D eigenvalue weighted by molar-refractivity contribution is 7.91. The van der Waals surface area contributed by atoms with Crippen molar-refractivity contribution in [2.45, 2.75) is 64.8 Å². The van der Waals surface area contributed by atoms with Crippen molar-refractivity contribution >= 4 is 9.84 Å². The van der Waals surface area contributed by atoms with Crippen LogP contribution in [0.15, 0.2) is 5.16 Å². The molecule has 2 rings (SSSR count). The second kappa shape index (κ2) is 6.48. The minimum atomic E-state index is -3.35. The molecule has 0 radical (unpaired) electrons.